The smallest absolute Gasteiger partial charge is 0.265 e. The molecule has 0 saturated heterocycles. The minimum Gasteiger partial charge on any atom is -0.462 e. The topological polar surface area (TPSA) is 79.5 Å². The van der Waals surface area contributed by atoms with Crippen molar-refractivity contribution in [1.29, 1.82) is 0 Å². The fourth-order valence-electron chi connectivity index (χ4n) is 1.60. The summed E-state index contributed by atoms with van der Waals surface area (Å²) in [6, 6.07) is 8.07. The average molecular weight is 346 g/mol. The number of halogens is 1. The molecule has 5 nitrogen and oxygen atoms in total. The maximum Gasteiger partial charge on any atom is 0.265 e. The van der Waals surface area contributed by atoms with Crippen molar-refractivity contribution in [2.24, 2.45) is 0 Å². The van der Waals surface area contributed by atoms with E-state index in [0.29, 0.717) is 5.69 Å². The van der Waals surface area contributed by atoms with E-state index < -0.39 is 10.0 Å². The first-order chi connectivity index (χ1) is 8.92. The molecule has 0 bridgehead atoms. The second-order valence-corrected chi connectivity index (χ2v) is 6.47. The Hall–Kier alpha value is -1.31. The average Bonchev–Trinajstić information content (AvgIpc) is 2.74. The van der Waals surface area contributed by atoms with Gasteiger partial charge in [0.15, 0.2) is 0 Å². The highest BCUT2D eigenvalue weighted by Gasteiger charge is 2.21. The molecule has 0 aliphatic rings. The standard InChI is InChI=1S/C12H12BrNO4S/c1-8-12(6-11(7-15)18-8)19(16,17)14-10-4-2-9(13)3-5-10/h2-6,14-15H,7H2,1H3. The molecule has 0 radical (unpaired) electrons. The summed E-state index contributed by atoms with van der Waals surface area (Å²) >= 11 is 3.27. The lowest BCUT2D eigenvalue weighted by Gasteiger charge is -2.06. The van der Waals surface area contributed by atoms with Crippen LogP contribution >= 0.6 is 15.9 Å². The molecule has 2 N–H and O–H groups in total. The van der Waals surface area contributed by atoms with E-state index in [1.54, 1.807) is 24.3 Å². The van der Waals surface area contributed by atoms with Crippen LogP contribution in [-0.4, -0.2) is 13.5 Å². The highest BCUT2D eigenvalue weighted by atomic mass is 79.9. The molecule has 1 aromatic carbocycles. The van der Waals surface area contributed by atoms with Crippen LogP contribution in [0.5, 0.6) is 0 Å². The Morgan fingerprint density at radius 1 is 1.32 bits per heavy atom. The lowest BCUT2D eigenvalue weighted by molar-refractivity contribution is 0.245. The minimum absolute atomic E-state index is 0.0273. The first kappa shape index (κ1) is 14.1. The molecular weight excluding hydrogens is 334 g/mol. The maximum atomic E-state index is 12.2. The van der Waals surface area contributed by atoms with E-state index in [4.69, 9.17) is 9.52 Å². The summed E-state index contributed by atoms with van der Waals surface area (Å²) in [6.45, 7) is 1.20. The van der Waals surface area contributed by atoms with Crippen molar-refractivity contribution in [3.05, 3.63) is 46.3 Å². The number of nitrogens with one attached hydrogen (secondary N) is 1. The quantitative estimate of drug-likeness (QED) is 0.892. The zero-order valence-corrected chi connectivity index (χ0v) is 12.5. The zero-order chi connectivity index (χ0) is 14.0. The summed E-state index contributed by atoms with van der Waals surface area (Å²) in [7, 11) is -3.72. The Morgan fingerprint density at radius 3 is 2.47 bits per heavy atom. The molecule has 0 aliphatic heterocycles. The van der Waals surface area contributed by atoms with Crippen molar-refractivity contribution >= 4 is 31.6 Å². The fraction of sp³-hybridized carbons (Fsp3) is 0.167. The maximum absolute atomic E-state index is 12.2. The van der Waals surface area contributed by atoms with Gasteiger partial charge in [-0.25, -0.2) is 8.42 Å². The summed E-state index contributed by atoms with van der Waals surface area (Å²) in [5, 5.41) is 8.95. The predicted octanol–water partition coefficient (Wildman–Crippen LogP) is 2.64. The van der Waals surface area contributed by atoms with E-state index in [2.05, 4.69) is 20.7 Å². The van der Waals surface area contributed by atoms with Gasteiger partial charge in [0.25, 0.3) is 10.0 Å². The summed E-state index contributed by atoms with van der Waals surface area (Å²) in [5.41, 5.74) is 0.453. The molecule has 0 saturated carbocycles. The van der Waals surface area contributed by atoms with Gasteiger partial charge >= 0.3 is 0 Å². The molecule has 2 aromatic rings. The van der Waals surface area contributed by atoms with Crippen molar-refractivity contribution in [1.82, 2.24) is 0 Å². The molecule has 0 fully saturated rings. The van der Waals surface area contributed by atoms with Crippen LogP contribution in [0, 0.1) is 6.92 Å². The third kappa shape index (κ3) is 3.17. The Kier molecular flexibility index (Phi) is 3.98. The molecule has 7 heteroatoms. The number of furan rings is 1. The Bertz CT molecular complexity index is 676. The second kappa shape index (κ2) is 5.36. The monoisotopic (exact) mass is 345 g/mol. The molecule has 102 valence electrons. The molecule has 1 aromatic heterocycles. The summed E-state index contributed by atoms with van der Waals surface area (Å²) < 4.78 is 32.8. The molecule has 0 amide bonds. The first-order valence-corrected chi connectivity index (χ1v) is 7.68. The lowest BCUT2D eigenvalue weighted by Crippen LogP contribution is -2.13. The van der Waals surface area contributed by atoms with E-state index >= 15 is 0 Å². The predicted molar refractivity (Wildman–Crippen MR) is 74.3 cm³/mol. The van der Waals surface area contributed by atoms with Crippen LogP contribution < -0.4 is 4.72 Å². The SMILES string of the molecule is Cc1oc(CO)cc1S(=O)(=O)Nc1ccc(Br)cc1. The van der Waals surface area contributed by atoms with Gasteiger partial charge in [0.2, 0.25) is 0 Å². The highest BCUT2D eigenvalue weighted by Crippen LogP contribution is 2.23. The van der Waals surface area contributed by atoms with Crippen LogP contribution in [0.15, 0.2) is 44.1 Å². The summed E-state index contributed by atoms with van der Waals surface area (Å²) in [6.07, 6.45) is 0. The number of hydrogen-bond donors (Lipinski definition) is 2. The number of aliphatic hydroxyl groups excluding tert-OH is 1. The molecule has 1 heterocycles. The normalized spacial score (nSPS) is 11.5. The molecule has 0 aliphatic carbocycles. The van der Waals surface area contributed by atoms with E-state index in [-0.39, 0.29) is 23.0 Å². The third-order valence-electron chi connectivity index (χ3n) is 2.47. The van der Waals surface area contributed by atoms with Crippen molar-refractivity contribution < 1.29 is 17.9 Å². The largest absolute Gasteiger partial charge is 0.462 e. The number of aliphatic hydroxyl groups is 1. The van der Waals surface area contributed by atoms with Crippen molar-refractivity contribution in [3.63, 3.8) is 0 Å². The molecule has 19 heavy (non-hydrogen) atoms. The number of hydrogen-bond acceptors (Lipinski definition) is 4. The summed E-state index contributed by atoms with van der Waals surface area (Å²) in [4.78, 5) is 0.0273. The third-order valence-corrected chi connectivity index (χ3v) is 4.48. The number of rotatable bonds is 4. The van der Waals surface area contributed by atoms with Crippen LogP contribution in [0.1, 0.15) is 11.5 Å². The van der Waals surface area contributed by atoms with Crippen LogP contribution in [0.25, 0.3) is 0 Å². The number of aryl methyl sites for hydroxylation is 1. The van der Waals surface area contributed by atoms with Crippen molar-refractivity contribution in [2.75, 3.05) is 4.72 Å². The van der Waals surface area contributed by atoms with Crippen molar-refractivity contribution in [2.45, 2.75) is 18.4 Å². The van der Waals surface area contributed by atoms with E-state index in [9.17, 15) is 8.42 Å². The first-order valence-electron chi connectivity index (χ1n) is 5.41. The highest BCUT2D eigenvalue weighted by molar-refractivity contribution is 9.10. The van der Waals surface area contributed by atoms with Gasteiger partial charge in [-0.3, -0.25) is 4.72 Å². The van der Waals surface area contributed by atoms with E-state index in [0.717, 1.165) is 4.47 Å². The minimum atomic E-state index is -3.72. The van der Waals surface area contributed by atoms with Gasteiger partial charge in [-0.1, -0.05) is 15.9 Å². The van der Waals surface area contributed by atoms with Crippen molar-refractivity contribution in [3.8, 4) is 0 Å². The number of sulfonamides is 1. The van der Waals surface area contributed by atoms with Crippen LogP contribution in [-0.2, 0) is 16.6 Å². The number of benzene rings is 1. The zero-order valence-electron chi connectivity index (χ0n) is 10.1. The van der Waals surface area contributed by atoms with Gasteiger partial charge in [0.05, 0.1) is 0 Å². The van der Waals surface area contributed by atoms with Gasteiger partial charge in [-0.05, 0) is 31.2 Å². The molecule has 0 unspecified atom stereocenters. The molecular formula is C12H12BrNO4S. The Morgan fingerprint density at radius 2 is 1.95 bits per heavy atom. The van der Waals surface area contributed by atoms with Gasteiger partial charge in [0, 0.05) is 16.2 Å². The number of anilines is 1. The lowest BCUT2D eigenvalue weighted by atomic mass is 10.3. The van der Waals surface area contributed by atoms with Crippen LogP contribution in [0.3, 0.4) is 0 Å². The Labute approximate surface area is 119 Å². The molecule has 2 rings (SSSR count). The van der Waals surface area contributed by atoms with Gasteiger partial charge in [-0.2, -0.15) is 0 Å². The summed E-state index contributed by atoms with van der Waals surface area (Å²) in [5.74, 6) is 0.461. The fourth-order valence-corrected chi connectivity index (χ4v) is 3.12. The van der Waals surface area contributed by atoms with E-state index in [1.165, 1.54) is 13.0 Å². The molecule has 0 atom stereocenters. The van der Waals surface area contributed by atoms with Crippen LogP contribution in [0.2, 0.25) is 0 Å². The van der Waals surface area contributed by atoms with Gasteiger partial charge in [-0.15, -0.1) is 0 Å². The van der Waals surface area contributed by atoms with Crippen LogP contribution in [0.4, 0.5) is 5.69 Å². The van der Waals surface area contributed by atoms with E-state index in [1.807, 2.05) is 0 Å². The Balaban J connectivity index is 2.31. The van der Waals surface area contributed by atoms with Gasteiger partial charge in [0.1, 0.15) is 23.0 Å². The second-order valence-electron chi connectivity index (χ2n) is 3.90. The van der Waals surface area contributed by atoms with Gasteiger partial charge < -0.3 is 9.52 Å². The molecule has 0 spiro atoms.